The molecule has 0 spiro atoms. The molecule has 0 aliphatic carbocycles. The minimum Gasteiger partial charge on any atom is -0.314 e. The number of benzene rings is 3. The smallest absolute Gasteiger partial charge is 0.0976 e. The lowest BCUT2D eigenvalue weighted by atomic mass is 9.73. The lowest BCUT2D eigenvalue weighted by molar-refractivity contribution is 0.136. The fourth-order valence-corrected chi connectivity index (χ4v) is 4.35. The van der Waals surface area contributed by atoms with E-state index >= 15 is 0 Å². The highest BCUT2D eigenvalue weighted by molar-refractivity contribution is 5.52. The van der Waals surface area contributed by atoms with E-state index < -0.39 is 0 Å². The largest absolute Gasteiger partial charge is 0.314 e. The maximum absolute atomic E-state index is 3.51. The van der Waals surface area contributed by atoms with Crippen molar-refractivity contribution in [2.24, 2.45) is 0 Å². The average molecular weight is 342 g/mol. The second-order valence-corrected chi connectivity index (χ2v) is 6.99. The zero-order valence-electron chi connectivity index (χ0n) is 15.4. The Morgan fingerprint density at radius 2 is 1.19 bits per heavy atom. The van der Waals surface area contributed by atoms with Crippen LogP contribution in [0.2, 0.25) is 0 Å². The van der Waals surface area contributed by atoms with Gasteiger partial charge in [-0.05, 0) is 29.2 Å². The highest BCUT2D eigenvalue weighted by Gasteiger charge is 2.43. The van der Waals surface area contributed by atoms with Crippen molar-refractivity contribution in [2.75, 3.05) is 26.2 Å². The maximum atomic E-state index is 3.51. The monoisotopic (exact) mass is 342 g/mol. The molecule has 3 aromatic rings. The predicted molar refractivity (Wildman–Crippen MR) is 108 cm³/mol. The molecule has 1 aliphatic heterocycles. The van der Waals surface area contributed by atoms with E-state index in [0.29, 0.717) is 0 Å². The van der Waals surface area contributed by atoms with Gasteiger partial charge in [0.05, 0.1) is 5.54 Å². The van der Waals surface area contributed by atoms with Crippen LogP contribution in [0, 0.1) is 6.92 Å². The van der Waals surface area contributed by atoms with Crippen LogP contribution in [-0.2, 0) is 5.54 Å². The molecular weight excluding hydrogens is 316 g/mol. The van der Waals surface area contributed by atoms with Crippen molar-refractivity contribution in [1.29, 1.82) is 0 Å². The first-order valence-electron chi connectivity index (χ1n) is 9.46. The standard InChI is InChI=1S/C24H26N2/c1-20-10-8-9-15-23(20)24(21-11-4-2-5-12-21,22-13-6-3-7-14-22)26-18-16-25-17-19-26/h2-15,25H,16-19H2,1H3. The molecule has 132 valence electrons. The van der Waals surface area contributed by atoms with E-state index in [1.807, 2.05) is 0 Å². The SMILES string of the molecule is Cc1ccccc1C(c1ccccc1)(c1ccccc1)N1CCNCC1. The summed E-state index contributed by atoms with van der Waals surface area (Å²) in [5.74, 6) is 0. The molecule has 1 N–H and O–H groups in total. The van der Waals surface area contributed by atoms with Gasteiger partial charge in [-0.2, -0.15) is 0 Å². The molecule has 0 radical (unpaired) electrons. The van der Waals surface area contributed by atoms with Crippen molar-refractivity contribution in [3.63, 3.8) is 0 Å². The van der Waals surface area contributed by atoms with Crippen molar-refractivity contribution < 1.29 is 0 Å². The molecule has 0 saturated carbocycles. The van der Waals surface area contributed by atoms with Gasteiger partial charge in [0.2, 0.25) is 0 Å². The number of piperazine rings is 1. The Morgan fingerprint density at radius 3 is 1.73 bits per heavy atom. The van der Waals surface area contributed by atoms with E-state index in [9.17, 15) is 0 Å². The summed E-state index contributed by atoms with van der Waals surface area (Å²) in [6.07, 6.45) is 0. The van der Waals surface area contributed by atoms with E-state index in [-0.39, 0.29) is 5.54 Å². The van der Waals surface area contributed by atoms with Crippen LogP contribution >= 0.6 is 0 Å². The minimum absolute atomic E-state index is 0.268. The molecule has 0 bridgehead atoms. The van der Waals surface area contributed by atoms with Gasteiger partial charge in [-0.1, -0.05) is 84.9 Å². The minimum atomic E-state index is -0.268. The summed E-state index contributed by atoms with van der Waals surface area (Å²) in [7, 11) is 0. The van der Waals surface area contributed by atoms with Crippen LogP contribution in [0.25, 0.3) is 0 Å². The summed E-state index contributed by atoms with van der Waals surface area (Å²) >= 11 is 0. The van der Waals surface area contributed by atoms with Gasteiger partial charge < -0.3 is 5.32 Å². The van der Waals surface area contributed by atoms with Gasteiger partial charge in [0, 0.05) is 26.2 Å². The second-order valence-electron chi connectivity index (χ2n) is 6.99. The molecule has 1 saturated heterocycles. The fourth-order valence-electron chi connectivity index (χ4n) is 4.35. The van der Waals surface area contributed by atoms with E-state index in [4.69, 9.17) is 0 Å². The number of hydrogen-bond acceptors (Lipinski definition) is 2. The molecule has 1 fully saturated rings. The summed E-state index contributed by atoms with van der Waals surface area (Å²) in [6, 6.07) is 30.8. The van der Waals surface area contributed by atoms with E-state index in [0.717, 1.165) is 26.2 Å². The molecule has 0 aromatic heterocycles. The maximum Gasteiger partial charge on any atom is 0.0976 e. The lowest BCUT2D eigenvalue weighted by Crippen LogP contribution is -2.55. The van der Waals surface area contributed by atoms with Crippen molar-refractivity contribution in [3.05, 3.63) is 107 Å². The van der Waals surface area contributed by atoms with Gasteiger partial charge in [-0.3, -0.25) is 4.90 Å². The second kappa shape index (κ2) is 7.45. The van der Waals surface area contributed by atoms with Crippen LogP contribution in [0.1, 0.15) is 22.3 Å². The van der Waals surface area contributed by atoms with Gasteiger partial charge >= 0.3 is 0 Å². The van der Waals surface area contributed by atoms with Crippen molar-refractivity contribution in [1.82, 2.24) is 10.2 Å². The quantitative estimate of drug-likeness (QED) is 0.715. The van der Waals surface area contributed by atoms with Crippen molar-refractivity contribution in [2.45, 2.75) is 12.5 Å². The summed E-state index contributed by atoms with van der Waals surface area (Å²) in [6.45, 7) is 6.33. The van der Waals surface area contributed by atoms with Crippen LogP contribution < -0.4 is 5.32 Å². The molecule has 4 rings (SSSR count). The molecule has 1 heterocycles. The summed E-state index contributed by atoms with van der Waals surface area (Å²) in [5, 5.41) is 3.51. The molecule has 3 aromatic carbocycles. The van der Waals surface area contributed by atoms with Gasteiger partial charge in [0.15, 0.2) is 0 Å². The van der Waals surface area contributed by atoms with Crippen molar-refractivity contribution in [3.8, 4) is 0 Å². The Kier molecular flexibility index (Phi) is 4.87. The topological polar surface area (TPSA) is 15.3 Å². The molecule has 2 heteroatoms. The normalized spacial score (nSPS) is 15.7. The fraction of sp³-hybridized carbons (Fsp3) is 0.250. The third-order valence-electron chi connectivity index (χ3n) is 5.51. The number of aryl methyl sites for hydroxylation is 1. The molecular formula is C24H26N2. The van der Waals surface area contributed by atoms with Crippen molar-refractivity contribution >= 4 is 0 Å². The molecule has 0 atom stereocenters. The molecule has 26 heavy (non-hydrogen) atoms. The first-order valence-corrected chi connectivity index (χ1v) is 9.46. The third-order valence-corrected chi connectivity index (χ3v) is 5.51. The first-order chi connectivity index (χ1) is 12.8. The van der Waals surface area contributed by atoms with Gasteiger partial charge in [0.25, 0.3) is 0 Å². The van der Waals surface area contributed by atoms with Crippen LogP contribution in [0.4, 0.5) is 0 Å². The summed E-state index contributed by atoms with van der Waals surface area (Å²) in [5.41, 5.74) is 5.11. The summed E-state index contributed by atoms with van der Waals surface area (Å²) in [4.78, 5) is 2.65. The van der Waals surface area contributed by atoms with E-state index in [1.54, 1.807) is 0 Å². The Balaban J connectivity index is 2.05. The number of rotatable bonds is 4. The molecule has 2 nitrogen and oxygen atoms in total. The van der Waals surface area contributed by atoms with Crippen LogP contribution in [-0.4, -0.2) is 31.1 Å². The lowest BCUT2D eigenvalue weighted by Gasteiger charge is -2.48. The van der Waals surface area contributed by atoms with Crippen LogP contribution in [0.5, 0.6) is 0 Å². The Labute approximate surface area is 156 Å². The zero-order valence-corrected chi connectivity index (χ0v) is 15.4. The Bertz CT molecular complexity index is 797. The Hall–Kier alpha value is -2.42. The average Bonchev–Trinajstić information content (AvgIpc) is 2.72. The Morgan fingerprint density at radius 1 is 0.692 bits per heavy atom. The van der Waals surface area contributed by atoms with Gasteiger partial charge in [0.1, 0.15) is 0 Å². The third kappa shape index (κ3) is 2.86. The van der Waals surface area contributed by atoms with Crippen LogP contribution in [0.15, 0.2) is 84.9 Å². The van der Waals surface area contributed by atoms with Gasteiger partial charge in [-0.15, -0.1) is 0 Å². The van der Waals surface area contributed by atoms with Crippen LogP contribution in [0.3, 0.4) is 0 Å². The zero-order chi connectivity index (χ0) is 17.8. The number of nitrogens with one attached hydrogen (secondary N) is 1. The molecule has 0 unspecified atom stereocenters. The highest BCUT2D eigenvalue weighted by atomic mass is 15.2. The number of hydrogen-bond donors (Lipinski definition) is 1. The first kappa shape index (κ1) is 17.0. The number of nitrogens with zero attached hydrogens (tertiary/aromatic N) is 1. The summed E-state index contributed by atoms with van der Waals surface area (Å²) < 4.78 is 0. The molecule has 1 aliphatic rings. The van der Waals surface area contributed by atoms with Gasteiger partial charge in [-0.25, -0.2) is 0 Å². The van der Waals surface area contributed by atoms with E-state index in [2.05, 4.69) is 102 Å². The highest BCUT2D eigenvalue weighted by Crippen LogP contribution is 2.43. The predicted octanol–water partition coefficient (Wildman–Crippen LogP) is 4.19. The van der Waals surface area contributed by atoms with E-state index in [1.165, 1.54) is 22.3 Å². The molecule has 0 amide bonds.